The van der Waals surface area contributed by atoms with Gasteiger partial charge in [-0.25, -0.2) is 8.42 Å². The third-order valence-electron chi connectivity index (χ3n) is 1.78. The number of sulfone groups is 1. The van der Waals surface area contributed by atoms with E-state index < -0.39 is 9.84 Å². The minimum Gasteiger partial charge on any atom is -0.224 e. The maximum absolute atomic E-state index is 11.1. The van der Waals surface area contributed by atoms with Crippen LogP contribution in [-0.4, -0.2) is 14.7 Å². The van der Waals surface area contributed by atoms with Gasteiger partial charge >= 0.3 is 0 Å². The van der Waals surface area contributed by atoms with Crippen molar-refractivity contribution < 1.29 is 8.42 Å². The molecule has 0 atom stereocenters. The van der Waals surface area contributed by atoms with Gasteiger partial charge in [0.1, 0.15) is 0 Å². The van der Waals surface area contributed by atoms with Crippen LogP contribution in [0, 0.1) is 0 Å². The highest BCUT2D eigenvalue weighted by molar-refractivity contribution is 7.94. The molecule has 62 valence electrons. The molecule has 0 N–H and O–H groups in total. The minimum absolute atomic E-state index is 0.503. The van der Waals surface area contributed by atoms with E-state index in [2.05, 4.69) is 0 Å². The molecule has 0 aromatic rings. The molecular weight excluding hydrogens is 160 g/mol. The zero-order valence-electron chi connectivity index (χ0n) is 6.79. The van der Waals surface area contributed by atoms with Crippen LogP contribution in [0.4, 0.5) is 0 Å². The third-order valence-corrected chi connectivity index (χ3v) is 3.06. The average molecular weight is 172 g/mol. The molecule has 0 aromatic heterocycles. The number of allylic oxidation sites excluding steroid dienone is 3. The van der Waals surface area contributed by atoms with E-state index in [0.29, 0.717) is 4.91 Å². The Morgan fingerprint density at radius 3 is 2.45 bits per heavy atom. The Hall–Kier alpha value is -0.570. The lowest BCUT2D eigenvalue weighted by Gasteiger charge is -2.09. The Kier molecular flexibility index (Phi) is 2.18. The van der Waals surface area contributed by atoms with Crippen molar-refractivity contribution in [2.75, 3.05) is 6.26 Å². The normalized spacial score (nSPS) is 19.1. The second-order valence-corrected chi connectivity index (χ2v) is 4.84. The highest BCUT2D eigenvalue weighted by Gasteiger charge is 2.13. The van der Waals surface area contributed by atoms with E-state index in [-0.39, 0.29) is 0 Å². The van der Waals surface area contributed by atoms with Gasteiger partial charge in [0.15, 0.2) is 9.84 Å². The monoisotopic (exact) mass is 172 g/mol. The molecule has 1 aliphatic carbocycles. The molecule has 0 aliphatic heterocycles. The summed E-state index contributed by atoms with van der Waals surface area (Å²) in [5.41, 5.74) is 0.981. The van der Waals surface area contributed by atoms with E-state index in [4.69, 9.17) is 0 Å². The first-order valence-corrected chi connectivity index (χ1v) is 5.47. The van der Waals surface area contributed by atoms with Gasteiger partial charge in [-0.3, -0.25) is 0 Å². The first-order valence-electron chi connectivity index (χ1n) is 3.58. The molecule has 0 radical (unpaired) electrons. The van der Waals surface area contributed by atoms with Crippen LogP contribution in [0.15, 0.2) is 22.6 Å². The second kappa shape index (κ2) is 2.81. The maximum Gasteiger partial charge on any atom is 0.175 e. The van der Waals surface area contributed by atoms with E-state index in [9.17, 15) is 8.42 Å². The van der Waals surface area contributed by atoms with E-state index in [1.54, 1.807) is 6.08 Å². The Morgan fingerprint density at radius 1 is 1.45 bits per heavy atom. The zero-order chi connectivity index (χ0) is 8.48. The summed E-state index contributed by atoms with van der Waals surface area (Å²) < 4.78 is 22.2. The Morgan fingerprint density at radius 2 is 2.09 bits per heavy atom. The fourth-order valence-electron chi connectivity index (χ4n) is 1.20. The van der Waals surface area contributed by atoms with Gasteiger partial charge < -0.3 is 0 Å². The van der Waals surface area contributed by atoms with E-state index in [1.807, 2.05) is 13.0 Å². The van der Waals surface area contributed by atoms with Crippen molar-refractivity contribution in [3.05, 3.63) is 22.6 Å². The molecule has 3 heteroatoms. The van der Waals surface area contributed by atoms with Gasteiger partial charge in [-0.15, -0.1) is 0 Å². The molecule has 1 rings (SSSR count). The lowest BCUT2D eigenvalue weighted by molar-refractivity contribution is 0.607. The van der Waals surface area contributed by atoms with Gasteiger partial charge in [0, 0.05) is 6.26 Å². The molecule has 2 nitrogen and oxygen atoms in total. The van der Waals surface area contributed by atoms with Crippen molar-refractivity contribution in [3.63, 3.8) is 0 Å². The molecule has 0 heterocycles. The summed E-state index contributed by atoms with van der Waals surface area (Å²) in [4.78, 5) is 0.503. The summed E-state index contributed by atoms with van der Waals surface area (Å²) >= 11 is 0. The quantitative estimate of drug-likeness (QED) is 0.602. The minimum atomic E-state index is -2.98. The average Bonchev–Trinajstić information content (AvgIpc) is 1.86. The van der Waals surface area contributed by atoms with Crippen LogP contribution in [0.2, 0.25) is 0 Å². The summed E-state index contributed by atoms with van der Waals surface area (Å²) in [7, 11) is -2.98. The zero-order valence-corrected chi connectivity index (χ0v) is 7.61. The molecule has 0 aromatic carbocycles. The summed E-state index contributed by atoms with van der Waals surface area (Å²) in [6.07, 6.45) is 6.70. The number of hydrogen-bond donors (Lipinski definition) is 0. The largest absolute Gasteiger partial charge is 0.224 e. The molecular formula is C8H12O2S. The van der Waals surface area contributed by atoms with Crippen LogP contribution >= 0.6 is 0 Å². The van der Waals surface area contributed by atoms with Gasteiger partial charge in [-0.2, -0.15) is 0 Å². The van der Waals surface area contributed by atoms with E-state index in [0.717, 1.165) is 18.4 Å². The van der Waals surface area contributed by atoms with Crippen LogP contribution in [0.3, 0.4) is 0 Å². The standard InChI is InChI=1S/C8H12O2S/c1-7-5-3-4-6-8(7)11(2,9)10/h4,6H,3,5H2,1-2H3. The predicted molar refractivity (Wildman–Crippen MR) is 45.9 cm³/mol. The van der Waals surface area contributed by atoms with Crippen LogP contribution in [-0.2, 0) is 9.84 Å². The predicted octanol–water partition coefficient (Wildman–Crippen LogP) is 1.66. The van der Waals surface area contributed by atoms with Crippen molar-refractivity contribution in [1.29, 1.82) is 0 Å². The highest BCUT2D eigenvalue weighted by Crippen LogP contribution is 2.21. The molecule has 0 saturated heterocycles. The molecule has 0 fully saturated rings. The molecule has 0 bridgehead atoms. The molecule has 0 spiro atoms. The van der Waals surface area contributed by atoms with Crippen LogP contribution in [0.1, 0.15) is 19.8 Å². The Labute approximate surface area is 67.5 Å². The topological polar surface area (TPSA) is 34.1 Å². The fourth-order valence-corrected chi connectivity index (χ4v) is 2.27. The Balaban J connectivity index is 3.13. The fraction of sp³-hybridized carbons (Fsp3) is 0.500. The van der Waals surface area contributed by atoms with Crippen LogP contribution < -0.4 is 0 Å². The molecule has 1 aliphatic rings. The summed E-state index contributed by atoms with van der Waals surface area (Å²) in [5, 5.41) is 0. The van der Waals surface area contributed by atoms with E-state index >= 15 is 0 Å². The van der Waals surface area contributed by atoms with Crippen molar-refractivity contribution in [2.45, 2.75) is 19.8 Å². The van der Waals surface area contributed by atoms with Gasteiger partial charge in [0.25, 0.3) is 0 Å². The Bertz CT molecular complexity index is 307. The molecule has 0 saturated carbocycles. The first kappa shape index (κ1) is 8.53. The highest BCUT2D eigenvalue weighted by atomic mass is 32.2. The smallest absolute Gasteiger partial charge is 0.175 e. The van der Waals surface area contributed by atoms with Crippen molar-refractivity contribution in [1.82, 2.24) is 0 Å². The van der Waals surface area contributed by atoms with Gasteiger partial charge in [0.05, 0.1) is 4.91 Å². The first-order chi connectivity index (χ1) is 5.02. The second-order valence-electron chi connectivity index (χ2n) is 2.86. The third kappa shape index (κ3) is 1.93. The van der Waals surface area contributed by atoms with Gasteiger partial charge in [-0.05, 0) is 25.8 Å². The summed E-state index contributed by atoms with van der Waals surface area (Å²) in [6.45, 7) is 1.87. The maximum atomic E-state index is 11.1. The van der Waals surface area contributed by atoms with Crippen molar-refractivity contribution >= 4 is 9.84 Å². The van der Waals surface area contributed by atoms with Crippen molar-refractivity contribution in [3.8, 4) is 0 Å². The van der Waals surface area contributed by atoms with Crippen molar-refractivity contribution in [2.24, 2.45) is 0 Å². The molecule has 0 unspecified atom stereocenters. The summed E-state index contributed by atoms with van der Waals surface area (Å²) in [5.74, 6) is 0. The lowest BCUT2D eigenvalue weighted by atomic mass is 10.1. The van der Waals surface area contributed by atoms with E-state index in [1.165, 1.54) is 6.26 Å². The van der Waals surface area contributed by atoms with Gasteiger partial charge in [0.2, 0.25) is 0 Å². The van der Waals surface area contributed by atoms with Crippen LogP contribution in [0.5, 0.6) is 0 Å². The number of hydrogen-bond acceptors (Lipinski definition) is 2. The van der Waals surface area contributed by atoms with Crippen LogP contribution in [0.25, 0.3) is 0 Å². The SMILES string of the molecule is CC1=C(S(C)(=O)=O)C=CCC1. The number of rotatable bonds is 1. The lowest BCUT2D eigenvalue weighted by Crippen LogP contribution is -2.03. The molecule has 11 heavy (non-hydrogen) atoms. The summed E-state index contributed by atoms with van der Waals surface area (Å²) in [6, 6.07) is 0. The molecule has 0 amide bonds. The van der Waals surface area contributed by atoms with Gasteiger partial charge in [-0.1, -0.05) is 11.6 Å².